The number of hydrogen-bond donors (Lipinski definition) is 1. The Balaban J connectivity index is 1.44. The summed E-state index contributed by atoms with van der Waals surface area (Å²) in [7, 11) is 0. The Hall–Kier alpha value is -2.40. The van der Waals surface area contributed by atoms with Crippen molar-refractivity contribution in [2.24, 2.45) is 5.92 Å². The lowest BCUT2D eigenvalue weighted by Crippen LogP contribution is -2.35. The highest BCUT2D eigenvalue weighted by molar-refractivity contribution is 5.90. The Morgan fingerprint density at radius 1 is 1.21 bits per heavy atom. The molecule has 1 fully saturated rings. The predicted molar refractivity (Wildman–Crippen MR) is 114 cm³/mol. The lowest BCUT2D eigenvalue weighted by atomic mass is 9.93. The molecule has 1 saturated heterocycles. The van der Waals surface area contributed by atoms with Crippen LogP contribution in [0, 0.1) is 11.7 Å². The van der Waals surface area contributed by atoms with Crippen LogP contribution in [0.4, 0.5) is 10.1 Å². The second-order valence-corrected chi connectivity index (χ2v) is 8.12. The number of likely N-dealkylation sites (tertiary alicyclic amines) is 1. The van der Waals surface area contributed by atoms with Gasteiger partial charge in [-0.2, -0.15) is 0 Å². The number of para-hydroxylation sites is 1. The summed E-state index contributed by atoms with van der Waals surface area (Å²) in [6.45, 7) is 7.05. The molecule has 2 aromatic rings. The topological polar surface area (TPSA) is 41.6 Å². The molecule has 1 aliphatic rings. The van der Waals surface area contributed by atoms with Crippen molar-refractivity contribution < 1.29 is 13.9 Å². The van der Waals surface area contributed by atoms with E-state index in [2.05, 4.69) is 22.3 Å². The molecule has 0 aliphatic carbocycles. The van der Waals surface area contributed by atoms with Crippen molar-refractivity contribution in [2.75, 3.05) is 18.4 Å². The number of nitrogens with one attached hydrogen (secondary N) is 1. The fraction of sp³-hybridized carbons (Fsp3) is 0.458. The highest BCUT2D eigenvalue weighted by Gasteiger charge is 2.21. The molecule has 1 atom stereocenters. The van der Waals surface area contributed by atoms with Crippen LogP contribution in [0.25, 0.3) is 0 Å². The second-order valence-electron chi connectivity index (χ2n) is 8.12. The first-order chi connectivity index (χ1) is 14.0. The minimum Gasteiger partial charge on any atom is -0.491 e. The van der Waals surface area contributed by atoms with Crippen molar-refractivity contribution >= 4 is 11.6 Å². The maximum absolute atomic E-state index is 13.7. The quantitative estimate of drug-likeness (QED) is 0.661. The van der Waals surface area contributed by atoms with Crippen LogP contribution in [0.5, 0.6) is 5.75 Å². The van der Waals surface area contributed by atoms with Crippen molar-refractivity contribution in [3.05, 3.63) is 59.9 Å². The largest absolute Gasteiger partial charge is 0.491 e. The first-order valence-corrected chi connectivity index (χ1v) is 10.5. The van der Waals surface area contributed by atoms with Crippen molar-refractivity contribution in [3.63, 3.8) is 0 Å². The SMILES string of the molecule is CC(C)Oc1ccc(CN2CCC[C@@H](CCC(=O)Nc3ccccc3F)C2)cc1. The summed E-state index contributed by atoms with van der Waals surface area (Å²) in [5, 5.41) is 2.68. The minimum absolute atomic E-state index is 0.118. The molecule has 156 valence electrons. The van der Waals surface area contributed by atoms with Crippen LogP contribution in [0.3, 0.4) is 0 Å². The third-order valence-corrected chi connectivity index (χ3v) is 5.23. The van der Waals surface area contributed by atoms with Gasteiger partial charge < -0.3 is 10.1 Å². The molecule has 29 heavy (non-hydrogen) atoms. The summed E-state index contributed by atoms with van der Waals surface area (Å²) < 4.78 is 19.4. The van der Waals surface area contributed by atoms with Crippen LogP contribution in [0.2, 0.25) is 0 Å². The highest BCUT2D eigenvalue weighted by Crippen LogP contribution is 2.24. The second kappa shape index (κ2) is 10.4. The first kappa shape index (κ1) is 21.3. The standard InChI is InChI=1S/C24H31FN2O2/c1-18(2)29-21-12-9-20(10-13-21)17-27-15-5-6-19(16-27)11-14-24(28)26-23-8-4-3-7-22(23)25/h3-4,7-10,12-13,18-19H,5-6,11,14-17H2,1-2H3,(H,26,28)/t19-/m0/s1. The number of rotatable bonds is 8. The van der Waals surface area contributed by atoms with E-state index in [4.69, 9.17) is 4.74 Å². The number of piperidine rings is 1. The van der Waals surface area contributed by atoms with Gasteiger partial charge in [-0.1, -0.05) is 24.3 Å². The molecule has 3 rings (SSSR count). The van der Waals surface area contributed by atoms with Gasteiger partial charge in [-0.25, -0.2) is 4.39 Å². The summed E-state index contributed by atoms with van der Waals surface area (Å²) in [4.78, 5) is 14.6. The van der Waals surface area contributed by atoms with Gasteiger partial charge in [-0.15, -0.1) is 0 Å². The summed E-state index contributed by atoms with van der Waals surface area (Å²) in [5.41, 5.74) is 1.53. The summed E-state index contributed by atoms with van der Waals surface area (Å²) in [6.07, 6.45) is 3.73. The molecule has 1 N–H and O–H groups in total. The van der Waals surface area contributed by atoms with Crippen LogP contribution in [0.15, 0.2) is 48.5 Å². The van der Waals surface area contributed by atoms with Crippen molar-refractivity contribution in [2.45, 2.75) is 52.2 Å². The molecule has 5 heteroatoms. The zero-order chi connectivity index (χ0) is 20.6. The van der Waals surface area contributed by atoms with Crippen molar-refractivity contribution in [3.8, 4) is 5.75 Å². The number of anilines is 1. The number of hydrogen-bond acceptors (Lipinski definition) is 3. The van der Waals surface area contributed by atoms with E-state index >= 15 is 0 Å². The van der Waals surface area contributed by atoms with Crippen LogP contribution in [0.1, 0.15) is 45.1 Å². The van der Waals surface area contributed by atoms with E-state index in [1.165, 1.54) is 11.6 Å². The number of benzene rings is 2. The average Bonchev–Trinajstić information content (AvgIpc) is 2.70. The fourth-order valence-corrected chi connectivity index (χ4v) is 3.84. The van der Waals surface area contributed by atoms with E-state index in [0.717, 1.165) is 44.6 Å². The predicted octanol–water partition coefficient (Wildman–Crippen LogP) is 5.24. The Kier molecular flexibility index (Phi) is 7.64. The molecule has 1 heterocycles. The minimum atomic E-state index is -0.394. The molecule has 1 aliphatic heterocycles. The van der Waals surface area contributed by atoms with Crippen LogP contribution in [-0.4, -0.2) is 30.0 Å². The van der Waals surface area contributed by atoms with E-state index in [1.54, 1.807) is 18.2 Å². The van der Waals surface area contributed by atoms with E-state index in [0.29, 0.717) is 12.3 Å². The molecule has 2 aromatic carbocycles. The molecule has 0 spiro atoms. The maximum atomic E-state index is 13.7. The number of amides is 1. The molecule has 0 saturated carbocycles. The number of carbonyl (C=O) groups is 1. The van der Waals surface area contributed by atoms with E-state index in [1.807, 2.05) is 26.0 Å². The maximum Gasteiger partial charge on any atom is 0.224 e. The summed E-state index contributed by atoms with van der Waals surface area (Å²) in [6, 6.07) is 14.6. The molecule has 0 radical (unpaired) electrons. The Labute approximate surface area is 173 Å². The lowest BCUT2D eigenvalue weighted by molar-refractivity contribution is -0.116. The van der Waals surface area contributed by atoms with Crippen LogP contribution < -0.4 is 10.1 Å². The molecular formula is C24H31FN2O2. The van der Waals surface area contributed by atoms with Crippen LogP contribution in [-0.2, 0) is 11.3 Å². The van der Waals surface area contributed by atoms with Gasteiger partial charge in [-0.3, -0.25) is 9.69 Å². The summed E-state index contributed by atoms with van der Waals surface area (Å²) in [5.74, 6) is 0.891. The average molecular weight is 399 g/mol. The molecule has 0 bridgehead atoms. The molecular weight excluding hydrogens is 367 g/mol. The number of ether oxygens (including phenoxy) is 1. The van der Waals surface area contributed by atoms with Crippen LogP contribution >= 0.6 is 0 Å². The molecule has 0 unspecified atom stereocenters. The molecule has 4 nitrogen and oxygen atoms in total. The fourth-order valence-electron chi connectivity index (χ4n) is 3.84. The lowest BCUT2D eigenvalue weighted by Gasteiger charge is -2.32. The molecule has 0 aromatic heterocycles. The van der Waals surface area contributed by atoms with Gasteiger partial charge in [0.1, 0.15) is 11.6 Å². The number of carbonyl (C=O) groups excluding carboxylic acids is 1. The zero-order valence-corrected chi connectivity index (χ0v) is 17.4. The van der Waals surface area contributed by atoms with Gasteiger partial charge in [-0.05, 0) is 75.4 Å². The van der Waals surface area contributed by atoms with E-state index < -0.39 is 5.82 Å². The van der Waals surface area contributed by atoms with Gasteiger partial charge in [0.05, 0.1) is 11.8 Å². The third-order valence-electron chi connectivity index (χ3n) is 5.23. The van der Waals surface area contributed by atoms with Gasteiger partial charge in [0.2, 0.25) is 5.91 Å². The third kappa shape index (κ3) is 6.86. The Morgan fingerprint density at radius 2 is 1.97 bits per heavy atom. The zero-order valence-electron chi connectivity index (χ0n) is 17.4. The Morgan fingerprint density at radius 3 is 2.69 bits per heavy atom. The van der Waals surface area contributed by atoms with Crippen molar-refractivity contribution in [1.82, 2.24) is 4.90 Å². The highest BCUT2D eigenvalue weighted by atomic mass is 19.1. The monoisotopic (exact) mass is 398 g/mol. The Bertz CT molecular complexity index is 792. The summed E-state index contributed by atoms with van der Waals surface area (Å²) >= 11 is 0. The van der Waals surface area contributed by atoms with Crippen molar-refractivity contribution in [1.29, 1.82) is 0 Å². The number of halogens is 1. The van der Waals surface area contributed by atoms with Gasteiger partial charge >= 0.3 is 0 Å². The van der Waals surface area contributed by atoms with E-state index in [9.17, 15) is 9.18 Å². The van der Waals surface area contributed by atoms with Gasteiger partial charge in [0.25, 0.3) is 0 Å². The number of nitrogens with zero attached hydrogens (tertiary/aromatic N) is 1. The van der Waals surface area contributed by atoms with Gasteiger partial charge in [0.15, 0.2) is 0 Å². The smallest absolute Gasteiger partial charge is 0.224 e. The van der Waals surface area contributed by atoms with E-state index in [-0.39, 0.29) is 17.7 Å². The first-order valence-electron chi connectivity index (χ1n) is 10.5. The molecule has 1 amide bonds. The normalized spacial score (nSPS) is 17.3. The van der Waals surface area contributed by atoms with Gasteiger partial charge in [0, 0.05) is 19.5 Å².